The standard InChI is InChI=1S/C22H26N2O3/c1-18(25)23-13-12-21(15-23)16-24(14-19-8-4-2-5-9-19)22(26)27-17-20-10-6-3-7-11-20/h2-11,21H,12-17H2,1H3/t21-/m0/s1. The van der Waals surface area contributed by atoms with Crippen molar-refractivity contribution in [2.24, 2.45) is 5.92 Å². The van der Waals surface area contributed by atoms with Gasteiger partial charge in [-0.25, -0.2) is 4.79 Å². The van der Waals surface area contributed by atoms with E-state index < -0.39 is 0 Å². The molecule has 0 spiro atoms. The molecule has 27 heavy (non-hydrogen) atoms. The van der Waals surface area contributed by atoms with E-state index in [0.29, 0.717) is 19.6 Å². The average Bonchev–Trinajstić information content (AvgIpc) is 3.16. The number of rotatable bonds is 6. The number of carbonyl (C=O) groups is 2. The van der Waals surface area contributed by atoms with Crippen LogP contribution in [0.25, 0.3) is 0 Å². The predicted octanol–water partition coefficient (Wildman–Crippen LogP) is 3.69. The van der Waals surface area contributed by atoms with Crippen molar-refractivity contribution in [1.29, 1.82) is 0 Å². The zero-order valence-corrected chi connectivity index (χ0v) is 15.7. The molecule has 0 bridgehead atoms. The molecule has 2 aromatic carbocycles. The first-order chi connectivity index (χ1) is 13.1. The molecule has 5 nitrogen and oxygen atoms in total. The Kier molecular flexibility index (Phi) is 6.47. The number of hydrogen-bond donors (Lipinski definition) is 0. The lowest BCUT2D eigenvalue weighted by molar-refractivity contribution is -0.127. The normalized spacial score (nSPS) is 16.2. The average molecular weight is 366 g/mol. The molecule has 1 atom stereocenters. The molecule has 0 unspecified atom stereocenters. The van der Waals surface area contributed by atoms with Crippen molar-refractivity contribution in [1.82, 2.24) is 9.80 Å². The molecule has 1 fully saturated rings. The third kappa shape index (κ3) is 5.58. The number of hydrogen-bond acceptors (Lipinski definition) is 3. The molecule has 5 heteroatoms. The van der Waals surface area contributed by atoms with Gasteiger partial charge in [-0.15, -0.1) is 0 Å². The number of carbonyl (C=O) groups excluding carboxylic acids is 2. The molecule has 2 amide bonds. The minimum absolute atomic E-state index is 0.0961. The minimum Gasteiger partial charge on any atom is -0.445 e. The molecule has 1 aliphatic heterocycles. The van der Waals surface area contributed by atoms with Crippen molar-refractivity contribution >= 4 is 12.0 Å². The fraction of sp³-hybridized carbons (Fsp3) is 0.364. The van der Waals surface area contributed by atoms with Gasteiger partial charge in [0.15, 0.2) is 0 Å². The van der Waals surface area contributed by atoms with Gasteiger partial charge >= 0.3 is 6.09 Å². The second-order valence-electron chi connectivity index (χ2n) is 7.03. The molecule has 1 heterocycles. The zero-order chi connectivity index (χ0) is 19.1. The van der Waals surface area contributed by atoms with E-state index in [1.54, 1.807) is 11.8 Å². The lowest BCUT2D eigenvalue weighted by atomic mass is 10.1. The molecule has 1 saturated heterocycles. The highest BCUT2D eigenvalue weighted by molar-refractivity contribution is 5.73. The highest BCUT2D eigenvalue weighted by atomic mass is 16.6. The van der Waals surface area contributed by atoms with Crippen molar-refractivity contribution < 1.29 is 14.3 Å². The molecule has 2 aromatic rings. The van der Waals surface area contributed by atoms with Gasteiger partial charge in [0.05, 0.1) is 0 Å². The van der Waals surface area contributed by atoms with E-state index in [9.17, 15) is 9.59 Å². The second-order valence-corrected chi connectivity index (χ2v) is 7.03. The lowest BCUT2D eigenvalue weighted by Crippen LogP contribution is -2.36. The zero-order valence-electron chi connectivity index (χ0n) is 15.7. The molecule has 0 saturated carbocycles. The third-order valence-corrected chi connectivity index (χ3v) is 4.89. The third-order valence-electron chi connectivity index (χ3n) is 4.89. The van der Waals surface area contributed by atoms with Gasteiger partial charge < -0.3 is 14.5 Å². The summed E-state index contributed by atoms with van der Waals surface area (Å²) in [4.78, 5) is 27.9. The summed E-state index contributed by atoms with van der Waals surface area (Å²) in [6, 6.07) is 19.6. The molecule has 3 rings (SSSR count). The summed E-state index contributed by atoms with van der Waals surface area (Å²) in [6.07, 6.45) is 0.598. The van der Waals surface area contributed by atoms with Crippen LogP contribution in [0.4, 0.5) is 4.79 Å². The van der Waals surface area contributed by atoms with Crippen molar-refractivity contribution in [2.75, 3.05) is 19.6 Å². The van der Waals surface area contributed by atoms with Crippen LogP contribution in [0, 0.1) is 5.92 Å². The van der Waals surface area contributed by atoms with Crippen LogP contribution in [-0.4, -0.2) is 41.4 Å². The number of ether oxygens (including phenoxy) is 1. The quantitative estimate of drug-likeness (QED) is 0.783. The molecule has 0 aliphatic carbocycles. The molecule has 1 aliphatic rings. The fourth-order valence-electron chi connectivity index (χ4n) is 3.40. The Morgan fingerprint density at radius 3 is 2.26 bits per heavy atom. The van der Waals surface area contributed by atoms with E-state index in [4.69, 9.17) is 4.74 Å². The highest BCUT2D eigenvalue weighted by Crippen LogP contribution is 2.19. The highest BCUT2D eigenvalue weighted by Gasteiger charge is 2.28. The van der Waals surface area contributed by atoms with Crippen LogP contribution >= 0.6 is 0 Å². The Bertz CT molecular complexity index is 749. The van der Waals surface area contributed by atoms with Crippen LogP contribution in [0.15, 0.2) is 60.7 Å². The van der Waals surface area contributed by atoms with Crippen molar-refractivity contribution in [3.05, 3.63) is 71.8 Å². The van der Waals surface area contributed by atoms with Gasteiger partial charge in [0.1, 0.15) is 6.61 Å². The lowest BCUT2D eigenvalue weighted by Gasteiger charge is -2.25. The summed E-state index contributed by atoms with van der Waals surface area (Å²) in [5, 5.41) is 0. The summed E-state index contributed by atoms with van der Waals surface area (Å²) < 4.78 is 5.55. The van der Waals surface area contributed by atoms with E-state index in [1.807, 2.05) is 65.6 Å². The van der Waals surface area contributed by atoms with Crippen LogP contribution in [0.3, 0.4) is 0 Å². The van der Waals surface area contributed by atoms with Gasteiger partial charge in [-0.05, 0) is 23.5 Å². The first-order valence-electron chi connectivity index (χ1n) is 9.37. The topological polar surface area (TPSA) is 49.9 Å². The van der Waals surface area contributed by atoms with Crippen LogP contribution in [0.2, 0.25) is 0 Å². The Balaban J connectivity index is 1.63. The number of likely N-dealkylation sites (tertiary alicyclic amines) is 1. The summed E-state index contributed by atoms with van der Waals surface area (Å²) in [7, 11) is 0. The van der Waals surface area contributed by atoms with Crippen molar-refractivity contribution in [3.63, 3.8) is 0 Å². The molecule has 0 radical (unpaired) electrons. The van der Waals surface area contributed by atoms with Crippen LogP contribution in [-0.2, 0) is 22.7 Å². The van der Waals surface area contributed by atoms with Gasteiger partial charge in [-0.2, -0.15) is 0 Å². The van der Waals surface area contributed by atoms with Gasteiger partial charge in [0.2, 0.25) is 5.91 Å². The summed E-state index contributed by atoms with van der Waals surface area (Å²) >= 11 is 0. The van der Waals surface area contributed by atoms with E-state index in [2.05, 4.69) is 0 Å². The Morgan fingerprint density at radius 2 is 1.67 bits per heavy atom. The molecular formula is C22H26N2O3. The predicted molar refractivity (Wildman–Crippen MR) is 104 cm³/mol. The largest absolute Gasteiger partial charge is 0.445 e. The van der Waals surface area contributed by atoms with E-state index in [1.165, 1.54) is 0 Å². The van der Waals surface area contributed by atoms with E-state index in [-0.39, 0.29) is 24.5 Å². The number of nitrogens with zero attached hydrogens (tertiary/aromatic N) is 2. The molecule has 142 valence electrons. The number of amides is 2. The molecule has 0 N–H and O–H groups in total. The summed E-state index contributed by atoms with van der Waals surface area (Å²) in [5.41, 5.74) is 2.03. The smallest absolute Gasteiger partial charge is 0.410 e. The first kappa shape index (κ1) is 19.0. The van der Waals surface area contributed by atoms with Gasteiger partial charge in [-0.1, -0.05) is 60.7 Å². The van der Waals surface area contributed by atoms with Gasteiger partial charge in [0.25, 0.3) is 0 Å². The Morgan fingerprint density at radius 1 is 1.04 bits per heavy atom. The minimum atomic E-state index is -0.316. The first-order valence-corrected chi connectivity index (χ1v) is 9.37. The Hall–Kier alpha value is -2.82. The maximum absolute atomic E-state index is 12.7. The van der Waals surface area contributed by atoms with E-state index >= 15 is 0 Å². The van der Waals surface area contributed by atoms with Gasteiger partial charge in [-0.3, -0.25) is 4.79 Å². The monoisotopic (exact) mass is 366 g/mol. The molecule has 0 aromatic heterocycles. The van der Waals surface area contributed by atoms with Crippen LogP contribution in [0.5, 0.6) is 0 Å². The maximum atomic E-state index is 12.7. The van der Waals surface area contributed by atoms with Crippen LogP contribution in [0.1, 0.15) is 24.5 Å². The van der Waals surface area contributed by atoms with Crippen molar-refractivity contribution in [2.45, 2.75) is 26.5 Å². The van der Waals surface area contributed by atoms with Crippen LogP contribution < -0.4 is 0 Å². The fourth-order valence-corrected chi connectivity index (χ4v) is 3.40. The SMILES string of the molecule is CC(=O)N1CC[C@H](CN(Cc2ccccc2)C(=O)OCc2ccccc2)C1. The summed E-state index contributed by atoms with van der Waals surface area (Å²) in [6.45, 7) is 4.41. The maximum Gasteiger partial charge on any atom is 0.410 e. The van der Waals surface area contributed by atoms with Crippen molar-refractivity contribution in [3.8, 4) is 0 Å². The van der Waals surface area contributed by atoms with Gasteiger partial charge in [0, 0.05) is 33.1 Å². The Labute approximate surface area is 160 Å². The molecular weight excluding hydrogens is 340 g/mol. The summed E-state index contributed by atoms with van der Waals surface area (Å²) in [5.74, 6) is 0.376. The number of benzene rings is 2. The van der Waals surface area contributed by atoms with E-state index in [0.717, 1.165) is 24.1 Å². The second kappa shape index (κ2) is 9.21.